The summed E-state index contributed by atoms with van der Waals surface area (Å²) in [6.07, 6.45) is 0. The molecule has 1 aromatic carbocycles. The molecule has 0 radical (unpaired) electrons. The number of nitrogens with one attached hydrogen (secondary N) is 1. The molecule has 3 aromatic rings. The third kappa shape index (κ3) is 1.89. The zero-order valence-electron chi connectivity index (χ0n) is 11.0. The smallest absolute Gasteiger partial charge is 0.274 e. The Hall–Kier alpha value is -2.83. The predicted molar refractivity (Wildman–Crippen MR) is 74.7 cm³/mol. The standard InChI is InChI=1S/C13H13N5O2/c1-7-5-11(19)18-13(15-7)16-12(17-18)9-4-3-8(20-2)6-10(9)14/h3-6H,14H2,1-2H3,(H,15,16,17). The molecule has 102 valence electrons. The Bertz CT molecular complexity index is 850. The normalized spacial score (nSPS) is 10.9. The van der Waals surface area contributed by atoms with Crippen LogP contribution in [0.2, 0.25) is 0 Å². The third-order valence-corrected chi connectivity index (χ3v) is 2.97. The minimum atomic E-state index is -0.210. The van der Waals surface area contributed by atoms with Crippen LogP contribution >= 0.6 is 0 Å². The molecule has 0 spiro atoms. The number of fused-ring (bicyclic) bond motifs is 1. The van der Waals surface area contributed by atoms with Gasteiger partial charge in [0.15, 0.2) is 5.82 Å². The van der Waals surface area contributed by atoms with Gasteiger partial charge in [-0.1, -0.05) is 0 Å². The largest absolute Gasteiger partial charge is 0.497 e. The zero-order chi connectivity index (χ0) is 14.3. The second-order valence-corrected chi connectivity index (χ2v) is 4.40. The fourth-order valence-electron chi connectivity index (χ4n) is 2.00. The van der Waals surface area contributed by atoms with Crippen LogP contribution in [0, 0.1) is 6.92 Å². The molecule has 0 aliphatic rings. The van der Waals surface area contributed by atoms with Gasteiger partial charge in [-0.05, 0) is 19.1 Å². The van der Waals surface area contributed by atoms with Gasteiger partial charge in [-0.25, -0.2) is 4.98 Å². The van der Waals surface area contributed by atoms with E-state index in [1.54, 1.807) is 32.2 Å². The van der Waals surface area contributed by atoms with Crippen molar-refractivity contribution in [1.29, 1.82) is 0 Å². The molecule has 0 aliphatic carbocycles. The monoisotopic (exact) mass is 271 g/mol. The van der Waals surface area contributed by atoms with Crippen molar-refractivity contribution in [1.82, 2.24) is 19.6 Å². The van der Waals surface area contributed by atoms with E-state index in [0.717, 1.165) is 0 Å². The molecule has 20 heavy (non-hydrogen) atoms. The molecule has 0 saturated carbocycles. The van der Waals surface area contributed by atoms with Gasteiger partial charge in [0.05, 0.1) is 7.11 Å². The molecule has 0 bridgehead atoms. The highest BCUT2D eigenvalue weighted by molar-refractivity contribution is 5.73. The number of benzene rings is 1. The first-order valence-electron chi connectivity index (χ1n) is 5.99. The molecule has 2 aromatic heterocycles. The second-order valence-electron chi connectivity index (χ2n) is 4.40. The minimum Gasteiger partial charge on any atom is -0.497 e. The lowest BCUT2D eigenvalue weighted by atomic mass is 10.1. The van der Waals surface area contributed by atoms with Gasteiger partial charge in [-0.3, -0.25) is 9.89 Å². The summed E-state index contributed by atoms with van der Waals surface area (Å²) in [7, 11) is 1.57. The van der Waals surface area contributed by atoms with E-state index < -0.39 is 0 Å². The number of methoxy groups -OCH3 is 1. The van der Waals surface area contributed by atoms with Crippen LogP contribution < -0.4 is 16.0 Å². The van der Waals surface area contributed by atoms with Crippen molar-refractivity contribution in [2.75, 3.05) is 12.8 Å². The average Bonchev–Trinajstić information content (AvgIpc) is 2.82. The van der Waals surface area contributed by atoms with Crippen LogP contribution in [0.15, 0.2) is 29.1 Å². The van der Waals surface area contributed by atoms with E-state index in [0.29, 0.717) is 34.3 Å². The van der Waals surface area contributed by atoms with Gasteiger partial charge in [0.25, 0.3) is 11.3 Å². The second kappa shape index (κ2) is 4.37. The quantitative estimate of drug-likeness (QED) is 0.677. The maximum absolute atomic E-state index is 11.8. The molecule has 2 heterocycles. The number of hydrogen-bond acceptors (Lipinski definition) is 5. The van der Waals surface area contributed by atoms with Gasteiger partial charge in [0.1, 0.15) is 5.75 Å². The molecule has 7 nitrogen and oxygen atoms in total. The summed E-state index contributed by atoms with van der Waals surface area (Å²) in [6.45, 7) is 1.75. The molecule has 3 rings (SSSR count). The summed E-state index contributed by atoms with van der Waals surface area (Å²) in [5, 5.41) is 2.90. The first-order valence-corrected chi connectivity index (χ1v) is 5.99. The Kier molecular flexibility index (Phi) is 2.67. The topological polar surface area (TPSA) is 98.3 Å². The third-order valence-electron chi connectivity index (χ3n) is 2.97. The lowest BCUT2D eigenvalue weighted by Crippen LogP contribution is -2.14. The molecule has 3 N–H and O–H groups in total. The van der Waals surface area contributed by atoms with Gasteiger partial charge in [-0.2, -0.15) is 9.50 Å². The molecule has 0 unspecified atom stereocenters. The minimum absolute atomic E-state index is 0.210. The SMILES string of the molecule is COc1ccc(-c2nc3nc(C)cc(=O)n3[nH]2)c(N)c1. The number of H-pyrrole nitrogens is 1. The fraction of sp³-hybridized carbons (Fsp3) is 0.154. The molecular formula is C13H13N5O2. The Balaban J connectivity index is 2.20. The average molecular weight is 271 g/mol. The molecule has 0 atom stereocenters. The van der Waals surface area contributed by atoms with Crippen molar-refractivity contribution in [2.24, 2.45) is 0 Å². The van der Waals surface area contributed by atoms with E-state index in [-0.39, 0.29) is 5.56 Å². The van der Waals surface area contributed by atoms with Gasteiger partial charge in [0.2, 0.25) is 0 Å². The van der Waals surface area contributed by atoms with Gasteiger partial charge in [0, 0.05) is 29.1 Å². The lowest BCUT2D eigenvalue weighted by molar-refractivity contribution is 0.415. The summed E-state index contributed by atoms with van der Waals surface area (Å²) in [5.41, 5.74) is 7.58. The molecule has 0 saturated heterocycles. The number of ether oxygens (including phenoxy) is 1. The number of aryl methyl sites for hydroxylation is 1. The van der Waals surface area contributed by atoms with Crippen LogP contribution in [0.3, 0.4) is 0 Å². The summed E-state index contributed by atoms with van der Waals surface area (Å²) >= 11 is 0. The summed E-state index contributed by atoms with van der Waals surface area (Å²) in [6, 6.07) is 6.69. The van der Waals surface area contributed by atoms with Crippen LogP contribution in [-0.4, -0.2) is 26.7 Å². The van der Waals surface area contributed by atoms with E-state index in [1.807, 2.05) is 0 Å². The maximum Gasteiger partial charge on any atom is 0.274 e. The molecule has 0 amide bonds. The molecule has 0 fully saturated rings. The van der Waals surface area contributed by atoms with E-state index in [1.165, 1.54) is 10.6 Å². The van der Waals surface area contributed by atoms with Crippen molar-refractivity contribution < 1.29 is 4.74 Å². The summed E-state index contributed by atoms with van der Waals surface area (Å²) in [5.74, 6) is 1.47. The number of anilines is 1. The van der Waals surface area contributed by atoms with Gasteiger partial charge < -0.3 is 10.5 Å². The van der Waals surface area contributed by atoms with Crippen molar-refractivity contribution in [3.05, 3.63) is 40.3 Å². The first kappa shape index (κ1) is 12.2. The Morgan fingerprint density at radius 2 is 2.10 bits per heavy atom. The number of hydrogen-bond donors (Lipinski definition) is 2. The zero-order valence-corrected chi connectivity index (χ0v) is 11.0. The summed E-state index contributed by atoms with van der Waals surface area (Å²) in [4.78, 5) is 20.3. The van der Waals surface area contributed by atoms with Crippen LogP contribution in [0.1, 0.15) is 5.69 Å². The fourth-order valence-corrected chi connectivity index (χ4v) is 2.00. The Morgan fingerprint density at radius 1 is 1.30 bits per heavy atom. The van der Waals surface area contributed by atoms with Gasteiger partial charge in [-0.15, -0.1) is 0 Å². The van der Waals surface area contributed by atoms with Crippen LogP contribution in [0.4, 0.5) is 5.69 Å². The van der Waals surface area contributed by atoms with Crippen LogP contribution in [-0.2, 0) is 0 Å². The van der Waals surface area contributed by atoms with E-state index >= 15 is 0 Å². The highest BCUT2D eigenvalue weighted by Gasteiger charge is 2.11. The van der Waals surface area contributed by atoms with Crippen LogP contribution in [0.5, 0.6) is 5.75 Å². The number of rotatable bonds is 2. The number of nitrogens with zero attached hydrogens (tertiary/aromatic N) is 3. The van der Waals surface area contributed by atoms with Crippen molar-refractivity contribution in [2.45, 2.75) is 6.92 Å². The Morgan fingerprint density at radius 3 is 2.80 bits per heavy atom. The van der Waals surface area contributed by atoms with E-state index in [9.17, 15) is 4.79 Å². The van der Waals surface area contributed by atoms with E-state index in [2.05, 4.69) is 15.1 Å². The molecular weight excluding hydrogens is 258 g/mol. The van der Waals surface area contributed by atoms with Crippen molar-refractivity contribution >= 4 is 11.5 Å². The first-order chi connectivity index (χ1) is 9.58. The number of aromatic nitrogens is 4. The van der Waals surface area contributed by atoms with Crippen molar-refractivity contribution in [3.63, 3.8) is 0 Å². The molecule has 0 aliphatic heterocycles. The maximum atomic E-state index is 11.8. The highest BCUT2D eigenvalue weighted by atomic mass is 16.5. The number of aromatic amines is 1. The van der Waals surface area contributed by atoms with Gasteiger partial charge >= 0.3 is 0 Å². The number of nitrogens with two attached hydrogens (primary N) is 1. The summed E-state index contributed by atoms with van der Waals surface area (Å²) < 4.78 is 6.39. The predicted octanol–water partition coefficient (Wildman–Crippen LogP) is 0.984. The lowest BCUT2D eigenvalue weighted by Gasteiger charge is -2.04. The Labute approximate surface area is 114 Å². The van der Waals surface area contributed by atoms with Crippen molar-refractivity contribution in [3.8, 4) is 17.1 Å². The number of nitrogen functional groups attached to an aromatic ring is 1. The highest BCUT2D eigenvalue weighted by Crippen LogP contribution is 2.26. The molecule has 7 heteroatoms. The van der Waals surface area contributed by atoms with Crippen LogP contribution in [0.25, 0.3) is 17.2 Å². The van der Waals surface area contributed by atoms with E-state index in [4.69, 9.17) is 10.5 Å².